The number of carbonyl (C=O) groups is 1. The highest BCUT2D eigenvalue weighted by atomic mass is 32.2. The van der Waals surface area contributed by atoms with Crippen LogP contribution < -0.4 is 10.1 Å². The predicted molar refractivity (Wildman–Crippen MR) is 126 cm³/mol. The SMILES string of the molecule is CCOc1ccc(C(C)NC(=O)C2CCN(S(=O)(=O)c3c(C)cc(C)cc3C)CC2)cc1. The summed E-state index contributed by atoms with van der Waals surface area (Å²) < 4.78 is 33.5. The number of hydrogen-bond acceptors (Lipinski definition) is 4. The molecule has 1 saturated heterocycles. The second-order valence-corrected chi connectivity index (χ2v) is 10.5. The highest BCUT2D eigenvalue weighted by molar-refractivity contribution is 7.89. The van der Waals surface area contributed by atoms with Gasteiger partial charge in [-0.2, -0.15) is 4.31 Å². The van der Waals surface area contributed by atoms with Crippen LogP contribution in [-0.2, 0) is 14.8 Å². The van der Waals surface area contributed by atoms with Crippen LogP contribution in [0.2, 0.25) is 0 Å². The van der Waals surface area contributed by atoms with Crippen molar-refractivity contribution in [1.29, 1.82) is 0 Å². The van der Waals surface area contributed by atoms with Gasteiger partial charge < -0.3 is 10.1 Å². The fraction of sp³-hybridized carbons (Fsp3) is 0.480. The van der Waals surface area contributed by atoms with E-state index in [2.05, 4.69) is 5.32 Å². The molecule has 1 heterocycles. The minimum atomic E-state index is -3.57. The average molecular weight is 459 g/mol. The topological polar surface area (TPSA) is 75.7 Å². The van der Waals surface area contributed by atoms with Crippen molar-refractivity contribution < 1.29 is 17.9 Å². The van der Waals surface area contributed by atoms with E-state index in [0.29, 0.717) is 37.4 Å². The van der Waals surface area contributed by atoms with E-state index in [1.54, 1.807) is 0 Å². The molecule has 2 aromatic carbocycles. The number of nitrogens with zero attached hydrogens (tertiary/aromatic N) is 1. The average Bonchev–Trinajstić information content (AvgIpc) is 2.73. The van der Waals surface area contributed by atoms with Crippen LogP contribution in [0.1, 0.15) is 55.0 Å². The lowest BCUT2D eigenvalue weighted by atomic mass is 9.96. The molecule has 174 valence electrons. The molecule has 32 heavy (non-hydrogen) atoms. The van der Waals surface area contributed by atoms with Crippen molar-refractivity contribution in [3.63, 3.8) is 0 Å². The van der Waals surface area contributed by atoms with Gasteiger partial charge in [-0.15, -0.1) is 0 Å². The Kier molecular flexibility index (Phi) is 7.62. The van der Waals surface area contributed by atoms with Gasteiger partial charge >= 0.3 is 0 Å². The Morgan fingerprint density at radius 2 is 1.66 bits per heavy atom. The maximum atomic E-state index is 13.3. The van der Waals surface area contributed by atoms with E-state index in [0.717, 1.165) is 28.0 Å². The molecule has 1 aliphatic rings. The van der Waals surface area contributed by atoms with Crippen molar-refractivity contribution in [3.8, 4) is 5.75 Å². The summed E-state index contributed by atoms with van der Waals surface area (Å²) in [4.78, 5) is 13.2. The molecule has 0 spiro atoms. The van der Waals surface area contributed by atoms with E-state index < -0.39 is 10.0 Å². The molecule has 1 amide bonds. The van der Waals surface area contributed by atoms with Crippen LogP contribution in [0, 0.1) is 26.7 Å². The van der Waals surface area contributed by atoms with E-state index in [9.17, 15) is 13.2 Å². The molecule has 7 heteroatoms. The van der Waals surface area contributed by atoms with Crippen molar-refractivity contribution in [2.45, 2.75) is 58.4 Å². The molecule has 3 rings (SSSR count). The molecule has 0 saturated carbocycles. The van der Waals surface area contributed by atoms with Gasteiger partial charge in [-0.1, -0.05) is 29.8 Å². The number of aryl methyl sites for hydroxylation is 3. The summed E-state index contributed by atoms with van der Waals surface area (Å²) in [6.45, 7) is 10.9. The summed E-state index contributed by atoms with van der Waals surface area (Å²) in [5.41, 5.74) is 3.60. The van der Waals surface area contributed by atoms with E-state index >= 15 is 0 Å². The third-order valence-corrected chi connectivity index (χ3v) is 8.28. The van der Waals surface area contributed by atoms with Crippen LogP contribution in [-0.4, -0.2) is 38.3 Å². The maximum Gasteiger partial charge on any atom is 0.243 e. The number of benzene rings is 2. The summed E-state index contributed by atoms with van der Waals surface area (Å²) in [5.74, 6) is 0.598. The van der Waals surface area contributed by atoms with Crippen LogP contribution in [0.15, 0.2) is 41.3 Å². The zero-order valence-corrected chi connectivity index (χ0v) is 20.5. The molecule has 6 nitrogen and oxygen atoms in total. The summed E-state index contributed by atoms with van der Waals surface area (Å²) in [6, 6.07) is 11.4. The summed E-state index contributed by atoms with van der Waals surface area (Å²) in [7, 11) is -3.57. The third kappa shape index (κ3) is 5.33. The number of nitrogens with one attached hydrogen (secondary N) is 1. The van der Waals surface area contributed by atoms with Crippen molar-refractivity contribution in [1.82, 2.24) is 9.62 Å². The van der Waals surface area contributed by atoms with Gasteiger partial charge in [0.1, 0.15) is 5.75 Å². The van der Waals surface area contributed by atoms with Gasteiger partial charge in [-0.05, 0) is 76.3 Å². The Morgan fingerprint density at radius 1 is 1.09 bits per heavy atom. The van der Waals surface area contributed by atoms with Gasteiger partial charge in [0.05, 0.1) is 17.5 Å². The van der Waals surface area contributed by atoms with Gasteiger partial charge in [0, 0.05) is 19.0 Å². The molecule has 1 N–H and O–H groups in total. The normalized spacial score (nSPS) is 16.5. The number of amides is 1. The lowest BCUT2D eigenvalue weighted by Crippen LogP contribution is -2.43. The lowest BCUT2D eigenvalue weighted by molar-refractivity contribution is -0.126. The first kappa shape index (κ1) is 24.3. The second-order valence-electron chi connectivity index (χ2n) is 8.64. The molecule has 2 aromatic rings. The Labute approximate surface area is 192 Å². The smallest absolute Gasteiger partial charge is 0.243 e. The van der Waals surface area contributed by atoms with Gasteiger partial charge in [0.15, 0.2) is 0 Å². The van der Waals surface area contributed by atoms with Crippen LogP contribution in [0.4, 0.5) is 0 Å². The van der Waals surface area contributed by atoms with Crippen molar-refractivity contribution >= 4 is 15.9 Å². The summed E-state index contributed by atoms with van der Waals surface area (Å²) in [5, 5.41) is 3.08. The van der Waals surface area contributed by atoms with Gasteiger partial charge in [-0.25, -0.2) is 8.42 Å². The summed E-state index contributed by atoms with van der Waals surface area (Å²) >= 11 is 0. The van der Waals surface area contributed by atoms with Gasteiger partial charge in [0.25, 0.3) is 0 Å². The van der Waals surface area contributed by atoms with Gasteiger partial charge in [-0.3, -0.25) is 4.79 Å². The largest absolute Gasteiger partial charge is 0.494 e. The maximum absolute atomic E-state index is 13.3. The summed E-state index contributed by atoms with van der Waals surface area (Å²) in [6.07, 6.45) is 1.04. The van der Waals surface area contributed by atoms with E-state index in [1.807, 2.05) is 71.0 Å². The minimum Gasteiger partial charge on any atom is -0.494 e. The molecule has 0 radical (unpaired) electrons. The number of rotatable bonds is 7. The molecule has 0 aliphatic carbocycles. The number of carbonyl (C=O) groups excluding carboxylic acids is 1. The Balaban J connectivity index is 1.61. The predicted octanol–water partition coefficient (Wildman–Crippen LogP) is 4.29. The zero-order valence-electron chi connectivity index (χ0n) is 19.6. The lowest BCUT2D eigenvalue weighted by Gasteiger charge is -2.32. The molecular weight excluding hydrogens is 424 g/mol. The fourth-order valence-electron chi connectivity index (χ4n) is 4.50. The van der Waals surface area contributed by atoms with Crippen molar-refractivity contribution in [2.75, 3.05) is 19.7 Å². The van der Waals surface area contributed by atoms with Crippen molar-refractivity contribution in [3.05, 3.63) is 58.7 Å². The number of piperidine rings is 1. The number of hydrogen-bond donors (Lipinski definition) is 1. The zero-order chi connectivity index (χ0) is 23.5. The quantitative estimate of drug-likeness (QED) is 0.672. The highest BCUT2D eigenvalue weighted by Crippen LogP contribution is 2.29. The number of ether oxygens (including phenoxy) is 1. The molecule has 1 unspecified atom stereocenters. The number of sulfonamides is 1. The fourth-order valence-corrected chi connectivity index (χ4v) is 6.38. The van der Waals surface area contributed by atoms with Crippen molar-refractivity contribution in [2.24, 2.45) is 5.92 Å². The van der Waals surface area contributed by atoms with E-state index in [-0.39, 0.29) is 17.9 Å². The van der Waals surface area contributed by atoms with Crippen LogP contribution in [0.3, 0.4) is 0 Å². The molecule has 1 atom stereocenters. The molecule has 1 fully saturated rings. The molecular formula is C25H34N2O4S. The van der Waals surface area contributed by atoms with E-state index in [4.69, 9.17) is 4.74 Å². The van der Waals surface area contributed by atoms with Crippen LogP contribution in [0.5, 0.6) is 5.75 Å². The first-order valence-corrected chi connectivity index (χ1v) is 12.7. The second kappa shape index (κ2) is 10.0. The first-order chi connectivity index (χ1) is 15.1. The van der Waals surface area contributed by atoms with Gasteiger partial charge in [0.2, 0.25) is 15.9 Å². The monoisotopic (exact) mass is 458 g/mol. The Hall–Kier alpha value is -2.38. The third-order valence-electron chi connectivity index (χ3n) is 6.08. The van der Waals surface area contributed by atoms with Crippen LogP contribution >= 0.6 is 0 Å². The molecule has 1 aliphatic heterocycles. The Morgan fingerprint density at radius 3 is 2.19 bits per heavy atom. The minimum absolute atomic E-state index is 0.0221. The molecule has 0 bridgehead atoms. The van der Waals surface area contributed by atoms with Crippen LogP contribution in [0.25, 0.3) is 0 Å². The highest BCUT2D eigenvalue weighted by Gasteiger charge is 2.34. The standard InChI is InChI=1S/C25H34N2O4S/c1-6-31-23-9-7-21(8-10-23)20(5)26-25(28)22-11-13-27(14-12-22)32(29,30)24-18(3)15-17(2)16-19(24)4/h7-10,15-16,20,22H,6,11-14H2,1-5H3,(H,26,28). The van der Waals surface area contributed by atoms with E-state index in [1.165, 1.54) is 4.31 Å². The first-order valence-electron chi connectivity index (χ1n) is 11.2. The Bertz CT molecular complexity index is 1030. The molecule has 0 aromatic heterocycles.